The zero-order chi connectivity index (χ0) is 12.4. The van der Waals surface area contributed by atoms with Gasteiger partial charge in [-0.05, 0) is 18.9 Å². The summed E-state index contributed by atoms with van der Waals surface area (Å²) in [6.45, 7) is 2.09. The second-order valence-electron chi connectivity index (χ2n) is 4.02. The Kier molecular flexibility index (Phi) is 3.79. The van der Waals surface area contributed by atoms with E-state index in [0.717, 1.165) is 18.4 Å². The fourth-order valence-electron chi connectivity index (χ4n) is 1.98. The van der Waals surface area contributed by atoms with Gasteiger partial charge in [-0.1, -0.05) is 29.3 Å². The highest BCUT2D eigenvalue weighted by Crippen LogP contribution is 2.40. The van der Waals surface area contributed by atoms with E-state index in [1.807, 2.05) is 6.07 Å². The molecule has 1 aliphatic rings. The number of ether oxygens (including phenoxy) is 1. The molecule has 0 saturated heterocycles. The summed E-state index contributed by atoms with van der Waals surface area (Å²) >= 11 is 12.1. The van der Waals surface area contributed by atoms with Gasteiger partial charge in [0.2, 0.25) is 5.91 Å². The van der Waals surface area contributed by atoms with Gasteiger partial charge < -0.3 is 10.1 Å². The minimum Gasteiger partial charge on any atom is -0.492 e. The van der Waals surface area contributed by atoms with Crippen molar-refractivity contribution in [2.45, 2.75) is 25.8 Å². The van der Waals surface area contributed by atoms with Crippen LogP contribution in [0.2, 0.25) is 10.0 Å². The van der Waals surface area contributed by atoms with Crippen molar-refractivity contribution in [3.8, 4) is 5.75 Å². The van der Waals surface area contributed by atoms with E-state index in [-0.39, 0.29) is 11.9 Å². The standard InChI is InChI=1S/C12H13Cl2NO2/c1-7(16)15-10-3-2-6-17-12-8(10)4-5-9(13)11(12)14/h4-5,10H,2-3,6H2,1H3,(H,15,16)/t10-/m0/s1. The molecule has 5 heteroatoms. The molecule has 1 heterocycles. The van der Waals surface area contributed by atoms with E-state index >= 15 is 0 Å². The van der Waals surface area contributed by atoms with Crippen LogP contribution in [0.25, 0.3) is 0 Å². The van der Waals surface area contributed by atoms with Gasteiger partial charge in [-0.25, -0.2) is 0 Å². The van der Waals surface area contributed by atoms with Crippen molar-refractivity contribution in [3.63, 3.8) is 0 Å². The maximum Gasteiger partial charge on any atom is 0.217 e. The molecule has 0 aliphatic carbocycles. The molecule has 0 saturated carbocycles. The molecule has 1 aromatic rings. The number of hydrogen-bond donors (Lipinski definition) is 1. The van der Waals surface area contributed by atoms with Gasteiger partial charge >= 0.3 is 0 Å². The molecule has 1 aromatic carbocycles. The molecule has 92 valence electrons. The van der Waals surface area contributed by atoms with Crippen LogP contribution < -0.4 is 10.1 Å². The summed E-state index contributed by atoms with van der Waals surface area (Å²) in [4.78, 5) is 11.2. The fraction of sp³-hybridized carbons (Fsp3) is 0.417. The molecule has 17 heavy (non-hydrogen) atoms. The minimum absolute atomic E-state index is 0.0558. The van der Waals surface area contributed by atoms with Gasteiger partial charge in [-0.2, -0.15) is 0 Å². The first kappa shape index (κ1) is 12.5. The van der Waals surface area contributed by atoms with Crippen LogP contribution >= 0.6 is 23.2 Å². The third kappa shape index (κ3) is 2.67. The van der Waals surface area contributed by atoms with Crippen LogP contribution in [0.5, 0.6) is 5.75 Å². The zero-order valence-corrected chi connectivity index (χ0v) is 10.9. The lowest BCUT2D eigenvalue weighted by Gasteiger charge is -2.18. The van der Waals surface area contributed by atoms with Gasteiger partial charge in [0.15, 0.2) is 0 Å². The second kappa shape index (κ2) is 5.15. The van der Waals surface area contributed by atoms with Crippen molar-refractivity contribution in [1.82, 2.24) is 5.32 Å². The largest absolute Gasteiger partial charge is 0.492 e. The molecule has 1 N–H and O–H groups in total. The predicted molar refractivity (Wildman–Crippen MR) is 67.7 cm³/mol. The summed E-state index contributed by atoms with van der Waals surface area (Å²) in [5, 5.41) is 3.79. The Hall–Kier alpha value is -0.930. The van der Waals surface area contributed by atoms with E-state index in [9.17, 15) is 4.79 Å². The fourth-order valence-corrected chi connectivity index (χ4v) is 2.36. The molecule has 1 atom stereocenters. The maximum atomic E-state index is 11.2. The van der Waals surface area contributed by atoms with Crippen LogP contribution in [0, 0.1) is 0 Å². The summed E-state index contributed by atoms with van der Waals surface area (Å²) in [6, 6.07) is 3.53. The van der Waals surface area contributed by atoms with Crippen molar-refractivity contribution in [2.75, 3.05) is 6.61 Å². The van der Waals surface area contributed by atoms with E-state index in [4.69, 9.17) is 27.9 Å². The first-order chi connectivity index (χ1) is 8.09. The molecule has 0 bridgehead atoms. The van der Waals surface area contributed by atoms with Crippen LogP contribution in [0.15, 0.2) is 12.1 Å². The highest BCUT2D eigenvalue weighted by atomic mass is 35.5. The number of amides is 1. The minimum atomic E-state index is -0.0612. The average Bonchev–Trinajstić information content (AvgIpc) is 2.46. The van der Waals surface area contributed by atoms with E-state index in [1.54, 1.807) is 6.07 Å². The Bertz CT molecular complexity index is 448. The first-order valence-corrected chi connectivity index (χ1v) is 6.23. The molecule has 0 unspecified atom stereocenters. The number of benzene rings is 1. The monoisotopic (exact) mass is 273 g/mol. The molecule has 3 nitrogen and oxygen atoms in total. The van der Waals surface area contributed by atoms with Crippen molar-refractivity contribution >= 4 is 29.1 Å². The van der Waals surface area contributed by atoms with E-state index < -0.39 is 0 Å². The van der Waals surface area contributed by atoms with Crippen molar-refractivity contribution in [2.24, 2.45) is 0 Å². The Morgan fingerprint density at radius 3 is 2.94 bits per heavy atom. The van der Waals surface area contributed by atoms with Crippen LogP contribution in [-0.4, -0.2) is 12.5 Å². The summed E-state index contributed by atoms with van der Waals surface area (Å²) in [5.41, 5.74) is 0.895. The topological polar surface area (TPSA) is 38.3 Å². The number of fused-ring (bicyclic) bond motifs is 1. The van der Waals surface area contributed by atoms with Crippen molar-refractivity contribution in [3.05, 3.63) is 27.7 Å². The maximum absolute atomic E-state index is 11.2. The highest BCUT2D eigenvalue weighted by Gasteiger charge is 2.23. The SMILES string of the molecule is CC(=O)N[C@H]1CCCOc2c1ccc(Cl)c2Cl. The smallest absolute Gasteiger partial charge is 0.217 e. The van der Waals surface area contributed by atoms with Gasteiger partial charge in [0.1, 0.15) is 10.8 Å². The summed E-state index contributed by atoms with van der Waals surface area (Å²) in [5.74, 6) is 0.532. The lowest BCUT2D eigenvalue weighted by atomic mass is 10.0. The Morgan fingerprint density at radius 1 is 1.47 bits per heavy atom. The molecule has 2 rings (SSSR count). The molecular weight excluding hydrogens is 261 g/mol. The third-order valence-electron chi connectivity index (χ3n) is 2.72. The average molecular weight is 274 g/mol. The molecule has 0 aromatic heterocycles. The van der Waals surface area contributed by atoms with Gasteiger partial charge in [0.05, 0.1) is 17.7 Å². The predicted octanol–water partition coefficient (Wildman–Crippen LogP) is 3.34. The molecular formula is C12H13Cl2NO2. The second-order valence-corrected chi connectivity index (χ2v) is 4.81. The molecule has 1 amide bonds. The lowest BCUT2D eigenvalue weighted by Crippen LogP contribution is -2.25. The van der Waals surface area contributed by atoms with E-state index in [0.29, 0.717) is 22.4 Å². The summed E-state index contributed by atoms with van der Waals surface area (Å²) < 4.78 is 5.60. The molecule has 0 radical (unpaired) electrons. The Morgan fingerprint density at radius 2 is 2.24 bits per heavy atom. The lowest BCUT2D eigenvalue weighted by molar-refractivity contribution is -0.119. The molecule has 1 aliphatic heterocycles. The summed E-state index contributed by atoms with van der Waals surface area (Å²) in [7, 11) is 0. The van der Waals surface area contributed by atoms with Gasteiger partial charge in [-0.3, -0.25) is 4.79 Å². The van der Waals surface area contributed by atoms with Crippen LogP contribution in [0.3, 0.4) is 0 Å². The third-order valence-corrected chi connectivity index (χ3v) is 3.50. The van der Waals surface area contributed by atoms with Crippen molar-refractivity contribution < 1.29 is 9.53 Å². The summed E-state index contributed by atoms with van der Waals surface area (Å²) in [6.07, 6.45) is 1.71. The number of hydrogen-bond acceptors (Lipinski definition) is 2. The van der Waals surface area contributed by atoms with Crippen LogP contribution in [-0.2, 0) is 4.79 Å². The zero-order valence-electron chi connectivity index (χ0n) is 9.43. The van der Waals surface area contributed by atoms with Crippen LogP contribution in [0.1, 0.15) is 31.4 Å². The van der Waals surface area contributed by atoms with Gasteiger partial charge in [-0.15, -0.1) is 0 Å². The van der Waals surface area contributed by atoms with Gasteiger partial charge in [0, 0.05) is 12.5 Å². The van der Waals surface area contributed by atoms with Gasteiger partial charge in [0.25, 0.3) is 0 Å². The Balaban J connectivity index is 2.42. The quantitative estimate of drug-likeness (QED) is 0.852. The number of rotatable bonds is 1. The number of carbonyl (C=O) groups is 1. The first-order valence-electron chi connectivity index (χ1n) is 5.47. The molecule has 0 fully saturated rings. The normalized spacial score (nSPS) is 18.9. The number of carbonyl (C=O) groups excluding carboxylic acids is 1. The van der Waals surface area contributed by atoms with E-state index in [2.05, 4.69) is 5.32 Å². The number of nitrogens with one attached hydrogen (secondary N) is 1. The highest BCUT2D eigenvalue weighted by molar-refractivity contribution is 6.43. The van der Waals surface area contributed by atoms with E-state index in [1.165, 1.54) is 6.92 Å². The Labute approximate surface area is 110 Å². The van der Waals surface area contributed by atoms with Crippen LogP contribution in [0.4, 0.5) is 0 Å². The number of halogens is 2. The molecule has 0 spiro atoms. The van der Waals surface area contributed by atoms with Crippen molar-refractivity contribution in [1.29, 1.82) is 0 Å².